The molecule has 0 aliphatic carbocycles. The number of urea groups is 1. The van der Waals surface area contributed by atoms with E-state index in [4.69, 9.17) is 9.84 Å². The first kappa shape index (κ1) is 23.6. The summed E-state index contributed by atoms with van der Waals surface area (Å²) in [6, 6.07) is 6.74. The lowest BCUT2D eigenvalue weighted by atomic mass is 9.93. The van der Waals surface area contributed by atoms with Gasteiger partial charge in [0, 0.05) is 31.6 Å². The molecule has 1 aromatic carbocycles. The molecule has 3 N–H and O–H groups in total. The zero-order valence-electron chi connectivity index (χ0n) is 20.1. The van der Waals surface area contributed by atoms with Gasteiger partial charge in [-0.2, -0.15) is 5.10 Å². The van der Waals surface area contributed by atoms with E-state index in [0.29, 0.717) is 54.7 Å². The highest BCUT2D eigenvalue weighted by atomic mass is 16.6. The number of H-pyrrole nitrogens is 1. The van der Waals surface area contributed by atoms with E-state index in [0.717, 1.165) is 12.1 Å². The van der Waals surface area contributed by atoms with Crippen molar-refractivity contribution in [3.05, 3.63) is 40.3 Å². The van der Waals surface area contributed by atoms with Crippen LogP contribution in [0.5, 0.6) is 0 Å². The van der Waals surface area contributed by atoms with Crippen molar-refractivity contribution >= 4 is 34.4 Å². The fourth-order valence-corrected chi connectivity index (χ4v) is 4.27. The fourth-order valence-electron chi connectivity index (χ4n) is 4.27. The van der Waals surface area contributed by atoms with Crippen LogP contribution in [0.2, 0.25) is 0 Å². The molecule has 0 radical (unpaired) electrons. The number of rotatable bonds is 4. The van der Waals surface area contributed by atoms with Crippen LogP contribution in [0.15, 0.2) is 29.1 Å². The van der Waals surface area contributed by atoms with Gasteiger partial charge in [-0.25, -0.2) is 14.1 Å². The summed E-state index contributed by atoms with van der Waals surface area (Å²) in [5.41, 5.74) is 1.81. The number of hydrogen-bond donors (Lipinski definition) is 3. The quantitative estimate of drug-likeness (QED) is 0.537. The maximum atomic E-state index is 12.6. The normalized spacial score (nSPS) is 15.0. The number of carbonyl (C=O) groups excluding carboxylic acids is 2. The molecule has 10 nitrogen and oxygen atoms in total. The number of aromatic amines is 1. The first-order chi connectivity index (χ1) is 16.2. The van der Waals surface area contributed by atoms with E-state index < -0.39 is 5.60 Å². The number of fused-ring (bicyclic) bond motifs is 3. The average Bonchev–Trinajstić information content (AvgIpc) is 3.15. The van der Waals surface area contributed by atoms with Crippen LogP contribution in [0.3, 0.4) is 0 Å². The Hall–Kier alpha value is -3.56. The van der Waals surface area contributed by atoms with Gasteiger partial charge in [0.25, 0.3) is 5.56 Å². The predicted octanol–water partition coefficient (Wildman–Crippen LogP) is 3.82. The van der Waals surface area contributed by atoms with E-state index in [1.54, 1.807) is 21.5 Å². The maximum absolute atomic E-state index is 12.6. The summed E-state index contributed by atoms with van der Waals surface area (Å²) >= 11 is 0. The zero-order valence-corrected chi connectivity index (χ0v) is 20.1. The number of hydrogen-bond acceptors (Lipinski definition) is 5. The molecule has 10 heteroatoms. The highest BCUT2D eigenvalue weighted by molar-refractivity contribution is 6.07. The first-order valence-corrected chi connectivity index (χ1v) is 11.7. The molecule has 0 unspecified atom stereocenters. The van der Waals surface area contributed by atoms with Crippen molar-refractivity contribution in [1.82, 2.24) is 24.8 Å². The number of anilines is 1. The molecule has 0 atom stereocenters. The number of carbonyl (C=O) groups is 2. The lowest BCUT2D eigenvalue weighted by Gasteiger charge is -2.33. The number of piperidine rings is 1. The van der Waals surface area contributed by atoms with Crippen molar-refractivity contribution in [3.8, 4) is 0 Å². The predicted molar refractivity (Wildman–Crippen MR) is 130 cm³/mol. The second-order valence-electron chi connectivity index (χ2n) is 9.64. The molecule has 3 heterocycles. The largest absolute Gasteiger partial charge is 0.444 e. The number of amides is 3. The summed E-state index contributed by atoms with van der Waals surface area (Å²) in [5.74, 6) is 0.0575. The molecule has 3 amide bonds. The van der Waals surface area contributed by atoms with Gasteiger partial charge in [-0.05, 0) is 52.2 Å². The third-order valence-corrected chi connectivity index (χ3v) is 5.81. The van der Waals surface area contributed by atoms with Crippen molar-refractivity contribution in [2.45, 2.75) is 58.5 Å². The van der Waals surface area contributed by atoms with Crippen LogP contribution in [-0.2, 0) is 4.74 Å². The van der Waals surface area contributed by atoms with E-state index in [1.165, 1.54) is 0 Å². The van der Waals surface area contributed by atoms with Crippen LogP contribution >= 0.6 is 0 Å². The van der Waals surface area contributed by atoms with E-state index >= 15 is 0 Å². The van der Waals surface area contributed by atoms with Crippen molar-refractivity contribution in [2.75, 3.05) is 25.0 Å². The third-order valence-electron chi connectivity index (χ3n) is 5.81. The Morgan fingerprint density at radius 2 is 1.97 bits per heavy atom. The van der Waals surface area contributed by atoms with Crippen molar-refractivity contribution < 1.29 is 14.3 Å². The Morgan fingerprint density at radius 1 is 1.24 bits per heavy atom. The van der Waals surface area contributed by atoms with Gasteiger partial charge in [0.2, 0.25) is 0 Å². The Morgan fingerprint density at radius 3 is 2.65 bits per heavy atom. The molecule has 3 aromatic rings. The number of benzene rings is 1. The minimum atomic E-state index is -0.541. The van der Waals surface area contributed by atoms with Gasteiger partial charge in [0.15, 0.2) is 0 Å². The van der Waals surface area contributed by atoms with Gasteiger partial charge < -0.3 is 25.3 Å². The van der Waals surface area contributed by atoms with Gasteiger partial charge in [-0.15, -0.1) is 0 Å². The molecule has 0 spiro atoms. The molecule has 1 aliphatic heterocycles. The second-order valence-corrected chi connectivity index (χ2v) is 9.64. The molecular weight excluding hydrogens is 436 g/mol. The molecule has 1 aliphatic rings. The highest BCUT2D eigenvalue weighted by Gasteiger charge is 2.29. The maximum Gasteiger partial charge on any atom is 0.410 e. The van der Waals surface area contributed by atoms with Crippen LogP contribution in [0.25, 0.3) is 16.6 Å². The molecule has 0 saturated carbocycles. The number of aromatic nitrogens is 3. The number of likely N-dealkylation sites (tertiary alicyclic amines) is 1. The van der Waals surface area contributed by atoms with Crippen LogP contribution in [0, 0.1) is 0 Å². The summed E-state index contributed by atoms with van der Waals surface area (Å²) in [5, 5.41) is 11.1. The minimum Gasteiger partial charge on any atom is -0.444 e. The van der Waals surface area contributed by atoms with Crippen molar-refractivity contribution in [1.29, 1.82) is 0 Å². The summed E-state index contributed by atoms with van der Waals surface area (Å²) < 4.78 is 7.25. The van der Waals surface area contributed by atoms with E-state index in [2.05, 4.69) is 15.6 Å². The molecule has 0 bridgehead atoms. The first-order valence-electron chi connectivity index (χ1n) is 11.7. The smallest absolute Gasteiger partial charge is 0.410 e. The standard InChI is InChI=1S/C24H32N6O4/c1-5-11-25-22(32)26-16-7-6-8-17-20(16)21-27-19(31)14-18(30(21)28-17)15-9-12-29(13-10-15)23(33)34-24(2,3)4/h6-8,14-15H,5,9-13H2,1-4H3,(H,27,31)(H2,25,26,32). The lowest BCUT2D eigenvalue weighted by molar-refractivity contribution is 0.0203. The second kappa shape index (κ2) is 9.36. The van der Waals surface area contributed by atoms with Gasteiger partial charge >= 0.3 is 12.1 Å². The van der Waals surface area contributed by atoms with Crippen molar-refractivity contribution in [2.24, 2.45) is 0 Å². The molecule has 1 saturated heterocycles. The zero-order chi connectivity index (χ0) is 24.5. The Balaban J connectivity index is 1.63. The molecule has 34 heavy (non-hydrogen) atoms. The SMILES string of the molecule is CCCNC(=O)Nc1cccc2nn3c(C4CCN(C(=O)OC(C)(C)C)CC4)cc(=O)[nH]c3c12. The van der Waals surface area contributed by atoms with E-state index in [-0.39, 0.29) is 23.6 Å². The third kappa shape index (κ3) is 5.00. The van der Waals surface area contributed by atoms with Crippen LogP contribution < -0.4 is 16.2 Å². The van der Waals surface area contributed by atoms with Crippen LogP contribution in [0.1, 0.15) is 58.6 Å². The Kier molecular flexibility index (Phi) is 6.49. The van der Waals surface area contributed by atoms with Gasteiger partial charge in [-0.3, -0.25) is 4.79 Å². The minimum absolute atomic E-state index is 0.0575. The fraction of sp³-hybridized carbons (Fsp3) is 0.500. The number of nitrogens with one attached hydrogen (secondary N) is 3. The summed E-state index contributed by atoms with van der Waals surface area (Å²) in [7, 11) is 0. The number of nitrogens with zero attached hydrogens (tertiary/aromatic N) is 3. The van der Waals surface area contributed by atoms with Gasteiger partial charge in [0.1, 0.15) is 11.2 Å². The van der Waals surface area contributed by atoms with Crippen molar-refractivity contribution in [3.63, 3.8) is 0 Å². The van der Waals surface area contributed by atoms with E-state index in [1.807, 2.05) is 39.8 Å². The Bertz CT molecular complexity index is 1260. The lowest BCUT2D eigenvalue weighted by Crippen LogP contribution is -2.41. The summed E-state index contributed by atoms with van der Waals surface area (Å²) in [6.07, 6.45) is 1.90. The Labute approximate surface area is 197 Å². The average molecular weight is 469 g/mol. The monoisotopic (exact) mass is 468 g/mol. The van der Waals surface area contributed by atoms with Crippen LogP contribution in [-0.4, -0.2) is 56.9 Å². The number of ether oxygens (including phenoxy) is 1. The summed E-state index contributed by atoms with van der Waals surface area (Å²) in [4.78, 5) is 41.9. The molecule has 182 valence electrons. The molecular formula is C24H32N6O4. The van der Waals surface area contributed by atoms with Crippen LogP contribution in [0.4, 0.5) is 15.3 Å². The molecule has 2 aromatic heterocycles. The van der Waals surface area contributed by atoms with E-state index in [9.17, 15) is 14.4 Å². The topological polar surface area (TPSA) is 121 Å². The van der Waals surface area contributed by atoms with Gasteiger partial charge in [-0.1, -0.05) is 13.0 Å². The summed E-state index contributed by atoms with van der Waals surface area (Å²) in [6.45, 7) is 9.19. The van der Waals surface area contributed by atoms with Gasteiger partial charge in [0.05, 0.1) is 22.3 Å². The molecule has 4 rings (SSSR count). The molecule has 1 fully saturated rings. The highest BCUT2D eigenvalue weighted by Crippen LogP contribution is 2.32.